The number of morpholine rings is 1. The molecule has 0 spiro atoms. The number of para-hydroxylation sites is 1. The maximum absolute atomic E-state index is 5.53. The number of nitrogens with zero attached hydrogens (tertiary/aromatic N) is 2. The third-order valence-corrected chi connectivity index (χ3v) is 4.33. The summed E-state index contributed by atoms with van der Waals surface area (Å²) in [6, 6.07) is 12.9. The van der Waals surface area contributed by atoms with Gasteiger partial charge in [0.15, 0.2) is 0 Å². The monoisotopic (exact) mass is 293 g/mol. The Morgan fingerprint density at radius 2 is 1.95 bits per heavy atom. The lowest BCUT2D eigenvalue weighted by Gasteiger charge is -2.34. The van der Waals surface area contributed by atoms with E-state index in [1.807, 2.05) is 18.5 Å². The zero-order valence-electron chi connectivity index (χ0n) is 12.4. The topological polar surface area (TPSA) is 41.2 Å². The number of aromatic amines is 1. The number of hydrogen-bond donors (Lipinski definition) is 1. The Morgan fingerprint density at radius 3 is 2.77 bits per heavy atom. The van der Waals surface area contributed by atoms with Crippen LogP contribution in [0.1, 0.15) is 17.2 Å². The van der Waals surface area contributed by atoms with Gasteiger partial charge in [-0.15, -0.1) is 0 Å². The number of hydrogen-bond acceptors (Lipinski definition) is 3. The molecule has 1 aliphatic rings. The van der Waals surface area contributed by atoms with Crippen molar-refractivity contribution in [3.63, 3.8) is 0 Å². The van der Waals surface area contributed by atoms with Crippen molar-refractivity contribution in [3.8, 4) is 0 Å². The van der Waals surface area contributed by atoms with E-state index in [0.717, 1.165) is 26.3 Å². The van der Waals surface area contributed by atoms with Crippen LogP contribution in [0.3, 0.4) is 0 Å². The molecular formula is C18H19N3O. The van der Waals surface area contributed by atoms with E-state index >= 15 is 0 Å². The van der Waals surface area contributed by atoms with E-state index in [2.05, 4.69) is 51.4 Å². The molecule has 1 aliphatic heterocycles. The Balaban J connectivity index is 1.83. The molecule has 0 bridgehead atoms. The predicted octanol–water partition coefficient (Wildman–Crippen LogP) is 2.98. The van der Waals surface area contributed by atoms with Crippen LogP contribution in [-0.2, 0) is 4.74 Å². The quantitative estimate of drug-likeness (QED) is 0.807. The maximum Gasteiger partial charge on any atom is 0.0639 e. The Kier molecular flexibility index (Phi) is 3.62. The number of rotatable bonds is 3. The van der Waals surface area contributed by atoms with Gasteiger partial charge in [-0.05, 0) is 23.3 Å². The highest BCUT2D eigenvalue weighted by atomic mass is 16.5. The van der Waals surface area contributed by atoms with Crippen LogP contribution in [-0.4, -0.2) is 41.2 Å². The largest absolute Gasteiger partial charge is 0.379 e. The van der Waals surface area contributed by atoms with Gasteiger partial charge in [-0.3, -0.25) is 9.88 Å². The molecule has 1 aromatic carbocycles. The van der Waals surface area contributed by atoms with E-state index in [9.17, 15) is 0 Å². The molecule has 1 N–H and O–H groups in total. The molecule has 112 valence electrons. The highest BCUT2D eigenvalue weighted by Gasteiger charge is 2.26. The standard InChI is InChI=1S/C18H19N3O/c1-2-6-17-15(5-1)16(13-20-17)18(14-4-3-7-19-12-14)21-8-10-22-11-9-21/h1-7,12-13,18,20H,8-11H2. The number of nitrogens with one attached hydrogen (secondary N) is 1. The minimum atomic E-state index is 0.216. The van der Waals surface area contributed by atoms with Gasteiger partial charge in [0.1, 0.15) is 0 Å². The van der Waals surface area contributed by atoms with Gasteiger partial charge in [0.25, 0.3) is 0 Å². The SMILES string of the molecule is c1cncc(C(c2c[nH]c3ccccc23)N2CCOCC2)c1. The van der Waals surface area contributed by atoms with E-state index < -0.39 is 0 Å². The van der Waals surface area contributed by atoms with E-state index in [4.69, 9.17) is 4.74 Å². The molecule has 0 amide bonds. The molecule has 0 radical (unpaired) electrons. The molecule has 3 aromatic rings. The molecular weight excluding hydrogens is 274 g/mol. The molecule has 4 rings (SSSR count). The van der Waals surface area contributed by atoms with Crippen molar-refractivity contribution in [3.05, 3.63) is 66.1 Å². The number of ether oxygens (including phenoxy) is 1. The molecule has 22 heavy (non-hydrogen) atoms. The van der Waals surface area contributed by atoms with Crippen molar-refractivity contribution in [1.82, 2.24) is 14.9 Å². The number of fused-ring (bicyclic) bond motifs is 1. The average Bonchev–Trinajstić information content (AvgIpc) is 3.01. The number of aromatic nitrogens is 2. The number of pyridine rings is 1. The van der Waals surface area contributed by atoms with Gasteiger partial charge in [-0.1, -0.05) is 24.3 Å². The predicted molar refractivity (Wildman–Crippen MR) is 86.8 cm³/mol. The summed E-state index contributed by atoms with van der Waals surface area (Å²) in [5.41, 5.74) is 3.72. The third-order valence-electron chi connectivity index (χ3n) is 4.33. The summed E-state index contributed by atoms with van der Waals surface area (Å²) in [5, 5.41) is 1.28. The van der Waals surface area contributed by atoms with Gasteiger partial charge in [-0.25, -0.2) is 0 Å². The third kappa shape index (κ3) is 2.40. The smallest absolute Gasteiger partial charge is 0.0639 e. The van der Waals surface area contributed by atoms with Crippen LogP contribution in [0.4, 0.5) is 0 Å². The first kappa shape index (κ1) is 13.5. The minimum Gasteiger partial charge on any atom is -0.379 e. The van der Waals surface area contributed by atoms with Crippen LogP contribution in [0.2, 0.25) is 0 Å². The lowest BCUT2D eigenvalue weighted by Crippen LogP contribution is -2.39. The van der Waals surface area contributed by atoms with Gasteiger partial charge in [-0.2, -0.15) is 0 Å². The van der Waals surface area contributed by atoms with Gasteiger partial charge in [0, 0.05) is 42.6 Å². The van der Waals surface area contributed by atoms with Crippen LogP contribution in [0.15, 0.2) is 55.0 Å². The summed E-state index contributed by atoms with van der Waals surface area (Å²) in [6.45, 7) is 3.47. The van der Waals surface area contributed by atoms with Crippen LogP contribution in [0, 0.1) is 0 Å². The van der Waals surface area contributed by atoms with Crippen molar-refractivity contribution >= 4 is 10.9 Å². The first-order valence-corrected chi connectivity index (χ1v) is 7.71. The molecule has 4 heteroatoms. The Hall–Kier alpha value is -2.17. The van der Waals surface area contributed by atoms with Crippen molar-refractivity contribution in [2.24, 2.45) is 0 Å². The zero-order valence-corrected chi connectivity index (χ0v) is 12.4. The molecule has 1 fully saturated rings. The number of benzene rings is 1. The molecule has 4 nitrogen and oxygen atoms in total. The van der Waals surface area contributed by atoms with Gasteiger partial charge < -0.3 is 9.72 Å². The highest BCUT2D eigenvalue weighted by Crippen LogP contribution is 2.33. The van der Waals surface area contributed by atoms with Crippen molar-refractivity contribution in [1.29, 1.82) is 0 Å². The van der Waals surface area contributed by atoms with E-state index in [0.29, 0.717) is 0 Å². The first-order valence-electron chi connectivity index (χ1n) is 7.71. The first-order chi connectivity index (χ1) is 10.9. The fourth-order valence-corrected chi connectivity index (χ4v) is 3.28. The van der Waals surface area contributed by atoms with Crippen molar-refractivity contribution in [2.45, 2.75) is 6.04 Å². The van der Waals surface area contributed by atoms with Crippen LogP contribution >= 0.6 is 0 Å². The average molecular weight is 293 g/mol. The van der Waals surface area contributed by atoms with E-state index in [1.54, 1.807) is 0 Å². The lowest BCUT2D eigenvalue weighted by molar-refractivity contribution is 0.0241. The van der Waals surface area contributed by atoms with Crippen molar-refractivity contribution < 1.29 is 4.74 Å². The normalized spacial score (nSPS) is 17.6. The molecule has 0 saturated carbocycles. The fourth-order valence-electron chi connectivity index (χ4n) is 3.28. The fraction of sp³-hybridized carbons (Fsp3) is 0.278. The second-order valence-electron chi connectivity index (χ2n) is 5.63. The molecule has 2 aromatic heterocycles. The van der Waals surface area contributed by atoms with Crippen LogP contribution in [0.5, 0.6) is 0 Å². The van der Waals surface area contributed by atoms with Gasteiger partial charge >= 0.3 is 0 Å². The Morgan fingerprint density at radius 1 is 1.09 bits per heavy atom. The lowest BCUT2D eigenvalue weighted by atomic mass is 9.97. The molecule has 1 atom stereocenters. The van der Waals surface area contributed by atoms with Crippen LogP contribution in [0.25, 0.3) is 10.9 Å². The second-order valence-corrected chi connectivity index (χ2v) is 5.63. The van der Waals surface area contributed by atoms with Gasteiger partial charge in [0.05, 0.1) is 19.3 Å². The summed E-state index contributed by atoms with van der Waals surface area (Å²) in [5.74, 6) is 0. The summed E-state index contributed by atoms with van der Waals surface area (Å²) < 4.78 is 5.53. The molecule has 1 unspecified atom stereocenters. The molecule has 1 saturated heterocycles. The zero-order chi connectivity index (χ0) is 14.8. The number of H-pyrrole nitrogens is 1. The van der Waals surface area contributed by atoms with Crippen LogP contribution < -0.4 is 0 Å². The Labute approximate surface area is 129 Å². The van der Waals surface area contributed by atoms with Gasteiger partial charge in [0.2, 0.25) is 0 Å². The summed E-state index contributed by atoms with van der Waals surface area (Å²) in [6.07, 6.45) is 5.94. The van der Waals surface area contributed by atoms with E-state index in [-0.39, 0.29) is 6.04 Å². The summed E-state index contributed by atoms with van der Waals surface area (Å²) in [4.78, 5) is 10.2. The summed E-state index contributed by atoms with van der Waals surface area (Å²) in [7, 11) is 0. The Bertz CT molecular complexity index is 747. The highest BCUT2D eigenvalue weighted by molar-refractivity contribution is 5.84. The second kappa shape index (κ2) is 5.91. The summed E-state index contributed by atoms with van der Waals surface area (Å²) >= 11 is 0. The van der Waals surface area contributed by atoms with Crippen molar-refractivity contribution in [2.75, 3.05) is 26.3 Å². The van der Waals surface area contributed by atoms with E-state index in [1.165, 1.54) is 22.0 Å². The molecule has 0 aliphatic carbocycles. The maximum atomic E-state index is 5.53. The minimum absolute atomic E-state index is 0.216. The molecule has 3 heterocycles.